The number of hydrogen-bond donors (Lipinski definition) is 1. The highest BCUT2D eigenvalue weighted by Gasteiger charge is 2.22. The highest BCUT2D eigenvalue weighted by molar-refractivity contribution is 5.93. The van der Waals surface area contributed by atoms with Crippen LogP contribution in [0.15, 0.2) is 48.5 Å². The molecule has 0 atom stereocenters. The molecule has 2 aromatic carbocycles. The second kappa shape index (κ2) is 7.77. The lowest BCUT2D eigenvalue weighted by atomic mass is 10.1. The van der Waals surface area contributed by atoms with Crippen LogP contribution in [0.3, 0.4) is 0 Å². The first-order chi connectivity index (χ1) is 12.6. The number of esters is 1. The van der Waals surface area contributed by atoms with Crippen LogP contribution in [-0.2, 0) is 4.74 Å². The number of piperazine rings is 1. The lowest BCUT2D eigenvalue weighted by Gasteiger charge is -2.34. The van der Waals surface area contributed by atoms with Gasteiger partial charge in [-0.25, -0.2) is 9.59 Å². The molecule has 1 amide bonds. The molecule has 136 valence electrons. The van der Waals surface area contributed by atoms with Crippen LogP contribution in [0.1, 0.15) is 10.4 Å². The summed E-state index contributed by atoms with van der Waals surface area (Å²) in [5.41, 5.74) is 1.21. The normalized spacial score (nSPS) is 14.0. The summed E-state index contributed by atoms with van der Waals surface area (Å²) in [6, 6.07) is 14.5. The quantitative estimate of drug-likeness (QED) is 0.848. The zero-order valence-electron chi connectivity index (χ0n) is 14.4. The molecule has 1 heterocycles. The van der Waals surface area contributed by atoms with Crippen LogP contribution in [0.5, 0.6) is 11.5 Å². The van der Waals surface area contributed by atoms with Crippen molar-refractivity contribution < 1.29 is 24.2 Å². The second-order valence-corrected chi connectivity index (χ2v) is 5.84. The van der Waals surface area contributed by atoms with Crippen LogP contribution in [0.4, 0.5) is 10.5 Å². The fourth-order valence-corrected chi connectivity index (χ4v) is 2.84. The zero-order valence-corrected chi connectivity index (χ0v) is 14.4. The van der Waals surface area contributed by atoms with Gasteiger partial charge < -0.3 is 24.4 Å². The molecule has 0 spiro atoms. The molecule has 1 aliphatic rings. The van der Waals surface area contributed by atoms with Gasteiger partial charge in [-0.3, -0.25) is 0 Å². The van der Waals surface area contributed by atoms with Crippen molar-refractivity contribution in [3.05, 3.63) is 54.1 Å². The number of anilines is 1. The molecule has 0 saturated carbocycles. The third-order valence-corrected chi connectivity index (χ3v) is 4.26. The van der Waals surface area contributed by atoms with Crippen LogP contribution in [0.25, 0.3) is 0 Å². The van der Waals surface area contributed by atoms with Gasteiger partial charge in [0.1, 0.15) is 17.1 Å². The monoisotopic (exact) mass is 356 g/mol. The number of rotatable bonds is 4. The fourth-order valence-electron chi connectivity index (χ4n) is 2.84. The van der Waals surface area contributed by atoms with Gasteiger partial charge in [0.15, 0.2) is 0 Å². The average molecular weight is 356 g/mol. The van der Waals surface area contributed by atoms with Crippen molar-refractivity contribution in [2.45, 2.75) is 0 Å². The van der Waals surface area contributed by atoms with Gasteiger partial charge in [-0.2, -0.15) is 0 Å². The molecule has 0 bridgehead atoms. The van der Waals surface area contributed by atoms with Gasteiger partial charge >= 0.3 is 12.1 Å². The van der Waals surface area contributed by atoms with Crippen LogP contribution >= 0.6 is 0 Å². The van der Waals surface area contributed by atoms with Crippen LogP contribution in [-0.4, -0.2) is 55.4 Å². The summed E-state index contributed by atoms with van der Waals surface area (Å²) in [6.45, 7) is 2.02. The van der Waals surface area contributed by atoms with Crippen molar-refractivity contribution in [1.29, 1.82) is 0 Å². The highest BCUT2D eigenvalue weighted by atomic mass is 16.5. The molecule has 1 aliphatic heterocycles. The molecule has 7 nitrogen and oxygen atoms in total. The summed E-state index contributed by atoms with van der Waals surface area (Å²) in [5.74, 6) is 0.546. The summed E-state index contributed by atoms with van der Waals surface area (Å²) in [6.07, 6.45) is -0.904. The van der Waals surface area contributed by atoms with E-state index in [0.29, 0.717) is 43.2 Å². The predicted octanol–water partition coefficient (Wildman–Crippen LogP) is 3.07. The number of ether oxygens (including phenoxy) is 2. The maximum atomic E-state index is 12.0. The van der Waals surface area contributed by atoms with Gasteiger partial charge in [0, 0.05) is 37.9 Å². The smallest absolute Gasteiger partial charge is 0.407 e. The molecule has 1 N–H and O–H groups in total. The summed E-state index contributed by atoms with van der Waals surface area (Å²) in [4.78, 5) is 26.5. The minimum Gasteiger partial charge on any atom is -0.465 e. The Bertz CT molecular complexity index is 786. The van der Waals surface area contributed by atoms with Gasteiger partial charge in [0.2, 0.25) is 0 Å². The number of carbonyl (C=O) groups is 2. The lowest BCUT2D eigenvalue weighted by Crippen LogP contribution is -2.48. The molecule has 0 radical (unpaired) electrons. The molecule has 0 aliphatic carbocycles. The van der Waals surface area contributed by atoms with Crippen molar-refractivity contribution in [2.75, 3.05) is 38.2 Å². The second-order valence-electron chi connectivity index (χ2n) is 5.84. The SMILES string of the molecule is COC(=O)c1ccc(N2CCN(C(=O)O)CC2)cc1Oc1ccccc1. The molecular weight excluding hydrogens is 336 g/mol. The van der Waals surface area contributed by atoms with E-state index < -0.39 is 12.1 Å². The van der Waals surface area contributed by atoms with E-state index in [1.54, 1.807) is 24.3 Å². The van der Waals surface area contributed by atoms with Crippen LogP contribution < -0.4 is 9.64 Å². The fraction of sp³-hybridized carbons (Fsp3) is 0.263. The summed E-state index contributed by atoms with van der Waals surface area (Å²) >= 11 is 0. The first kappa shape index (κ1) is 17.6. The standard InChI is InChI=1S/C19H20N2O5/c1-25-18(22)16-8-7-14(20-9-11-21(12-10-20)19(23)24)13-17(16)26-15-5-3-2-4-6-15/h2-8,13H,9-12H2,1H3,(H,23,24). The van der Waals surface area contributed by atoms with Crippen molar-refractivity contribution in [1.82, 2.24) is 4.90 Å². The molecule has 2 aromatic rings. The van der Waals surface area contributed by atoms with E-state index >= 15 is 0 Å². The topological polar surface area (TPSA) is 79.3 Å². The van der Waals surface area contributed by atoms with E-state index in [0.717, 1.165) is 5.69 Å². The Kier molecular flexibility index (Phi) is 5.26. The van der Waals surface area contributed by atoms with E-state index in [1.807, 2.05) is 24.3 Å². The number of para-hydroxylation sites is 1. The van der Waals surface area contributed by atoms with Gasteiger partial charge in [0.25, 0.3) is 0 Å². The van der Waals surface area contributed by atoms with E-state index in [1.165, 1.54) is 12.0 Å². The molecule has 3 rings (SSSR count). The average Bonchev–Trinajstić information content (AvgIpc) is 2.68. The molecule has 0 aromatic heterocycles. The number of nitrogens with zero attached hydrogens (tertiary/aromatic N) is 2. The van der Waals surface area contributed by atoms with Crippen molar-refractivity contribution in [2.24, 2.45) is 0 Å². The Morgan fingerprint density at radius 1 is 1.00 bits per heavy atom. The predicted molar refractivity (Wildman–Crippen MR) is 96.1 cm³/mol. The maximum absolute atomic E-state index is 12.0. The van der Waals surface area contributed by atoms with Gasteiger partial charge in [-0.05, 0) is 24.3 Å². The molecule has 26 heavy (non-hydrogen) atoms. The van der Waals surface area contributed by atoms with E-state index in [2.05, 4.69) is 4.90 Å². The van der Waals surface area contributed by atoms with E-state index in [9.17, 15) is 9.59 Å². The highest BCUT2D eigenvalue weighted by Crippen LogP contribution is 2.31. The zero-order chi connectivity index (χ0) is 18.5. The Morgan fingerprint density at radius 2 is 1.69 bits per heavy atom. The number of methoxy groups -OCH3 is 1. The van der Waals surface area contributed by atoms with E-state index in [4.69, 9.17) is 14.6 Å². The third-order valence-electron chi connectivity index (χ3n) is 4.26. The molecular formula is C19H20N2O5. The minimum absolute atomic E-state index is 0.337. The van der Waals surface area contributed by atoms with Crippen molar-refractivity contribution in [3.63, 3.8) is 0 Å². The van der Waals surface area contributed by atoms with Crippen LogP contribution in [0, 0.1) is 0 Å². The number of amides is 1. The van der Waals surface area contributed by atoms with Crippen molar-refractivity contribution in [3.8, 4) is 11.5 Å². The van der Waals surface area contributed by atoms with E-state index in [-0.39, 0.29) is 0 Å². The Labute approximate surface area is 151 Å². The first-order valence-electron chi connectivity index (χ1n) is 8.26. The lowest BCUT2D eigenvalue weighted by molar-refractivity contribution is 0.0598. The number of benzene rings is 2. The molecule has 0 unspecified atom stereocenters. The Balaban J connectivity index is 1.85. The van der Waals surface area contributed by atoms with Crippen LogP contribution in [0.2, 0.25) is 0 Å². The molecule has 1 saturated heterocycles. The number of carbonyl (C=O) groups excluding carboxylic acids is 1. The Hall–Kier alpha value is -3.22. The number of hydrogen-bond acceptors (Lipinski definition) is 5. The number of carboxylic acid groups (broad SMARTS) is 1. The van der Waals surface area contributed by atoms with Gasteiger partial charge in [0.05, 0.1) is 7.11 Å². The third kappa shape index (κ3) is 3.88. The summed E-state index contributed by atoms with van der Waals surface area (Å²) in [5, 5.41) is 9.06. The largest absolute Gasteiger partial charge is 0.465 e. The molecule has 7 heteroatoms. The minimum atomic E-state index is -0.904. The Morgan fingerprint density at radius 3 is 2.31 bits per heavy atom. The van der Waals surface area contributed by atoms with Gasteiger partial charge in [-0.1, -0.05) is 18.2 Å². The van der Waals surface area contributed by atoms with Gasteiger partial charge in [-0.15, -0.1) is 0 Å². The summed E-state index contributed by atoms with van der Waals surface area (Å²) < 4.78 is 10.7. The first-order valence-corrected chi connectivity index (χ1v) is 8.26. The maximum Gasteiger partial charge on any atom is 0.407 e. The molecule has 1 fully saturated rings. The summed E-state index contributed by atoms with van der Waals surface area (Å²) in [7, 11) is 1.33. The van der Waals surface area contributed by atoms with Crippen molar-refractivity contribution >= 4 is 17.7 Å².